The van der Waals surface area contributed by atoms with Crippen LogP contribution in [0.1, 0.15) is 44.7 Å². The van der Waals surface area contributed by atoms with Crippen molar-refractivity contribution >= 4 is 49.8 Å². The Morgan fingerprint density at radius 1 is 0.839 bits per heavy atom. The molecule has 0 heterocycles. The highest BCUT2D eigenvalue weighted by Crippen LogP contribution is 2.43. The third-order valence-corrected chi connectivity index (χ3v) is 6.77. The van der Waals surface area contributed by atoms with Gasteiger partial charge in [0.1, 0.15) is 11.5 Å². The number of halogens is 2. The molecular weight excluding hydrogens is 520 g/mol. The van der Waals surface area contributed by atoms with Gasteiger partial charge in [0.15, 0.2) is 5.78 Å². The molecule has 31 heavy (non-hydrogen) atoms. The molecule has 0 unspecified atom stereocenters. The molecule has 2 aromatic carbocycles. The zero-order valence-corrected chi connectivity index (χ0v) is 21.8. The van der Waals surface area contributed by atoms with Crippen LogP contribution in [-0.2, 0) is 4.79 Å². The second-order valence-corrected chi connectivity index (χ2v) is 10.7. The zero-order valence-electron chi connectivity index (χ0n) is 18.6. The topological polar surface area (TPSA) is 35.5 Å². The summed E-state index contributed by atoms with van der Waals surface area (Å²) in [5.74, 6) is 1.93. The maximum absolute atomic E-state index is 13.5. The first-order valence-electron chi connectivity index (χ1n) is 10.2. The normalized spacial score (nSPS) is 19.7. The molecule has 0 spiro atoms. The van der Waals surface area contributed by atoms with Gasteiger partial charge >= 0.3 is 0 Å². The molecule has 3 nitrogen and oxygen atoms in total. The summed E-state index contributed by atoms with van der Waals surface area (Å²) in [6, 6.07) is 11.7. The van der Waals surface area contributed by atoms with Crippen molar-refractivity contribution in [3.8, 4) is 11.5 Å². The standard InChI is InChI=1S/C26H28Br2O3/c1-26(2,3)20-12-18(10-16-14-21(27)6-8-23(16)30-4)25(29)19(13-20)11-17-15-22(28)7-9-24(17)31-5/h6-11,14-15,20H,12-13H2,1-5H3/b18-10-,19-11-. The van der Waals surface area contributed by atoms with Crippen molar-refractivity contribution in [3.63, 3.8) is 0 Å². The molecule has 0 aliphatic heterocycles. The highest BCUT2D eigenvalue weighted by Gasteiger charge is 2.34. The maximum Gasteiger partial charge on any atom is 0.185 e. The summed E-state index contributed by atoms with van der Waals surface area (Å²) >= 11 is 7.06. The third kappa shape index (κ3) is 5.69. The quantitative estimate of drug-likeness (QED) is 0.367. The Hall–Kier alpha value is -1.85. The average Bonchev–Trinajstić information content (AvgIpc) is 2.70. The molecule has 1 aliphatic carbocycles. The number of methoxy groups -OCH3 is 2. The fraction of sp³-hybridized carbons (Fsp3) is 0.346. The van der Waals surface area contributed by atoms with Crippen molar-refractivity contribution in [2.45, 2.75) is 33.6 Å². The average molecular weight is 548 g/mol. The van der Waals surface area contributed by atoms with Crippen LogP contribution < -0.4 is 9.47 Å². The van der Waals surface area contributed by atoms with Gasteiger partial charge in [-0.05, 0) is 72.7 Å². The molecule has 3 rings (SSSR count). The maximum atomic E-state index is 13.5. The fourth-order valence-corrected chi connectivity index (χ4v) is 4.63. The molecule has 1 saturated carbocycles. The van der Waals surface area contributed by atoms with E-state index in [1.807, 2.05) is 48.6 Å². The number of allylic oxidation sites excluding steroid dienone is 2. The lowest BCUT2D eigenvalue weighted by atomic mass is 9.68. The summed E-state index contributed by atoms with van der Waals surface area (Å²) in [5.41, 5.74) is 3.48. The first-order chi connectivity index (χ1) is 14.6. The third-order valence-electron chi connectivity index (χ3n) is 5.78. The van der Waals surface area contributed by atoms with E-state index in [4.69, 9.17) is 9.47 Å². The predicted molar refractivity (Wildman–Crippen MR) is 135 cm³/mol. The van der Waals surface area contributed by atoms with Crippen LogP contribution in [0.2, 0.25) is 0 Å². The van der Waals surface area contributed by atoms with E-state index in [-0.39, 0.29) is 11.2 Å². The second-order valence-electron chi connectivity index (χ2n) is 8.91. The van der Waals surface area contributed by atoms with Gasteiger partial charge in [-0.1, -0.05) is 52.6 Å². The minimum Gasteiger partial charge on any atom is -0.496 e. The Morgan fingerprint density at radius 3 is 1.61 bits per heavy atom. The lowest BCUT2D eigenvalue weighted by molar-refractivity contribution is -0.113. The Bertz CT molecular complexity index is 970. The summed E-state index contributed by atoms with van der Waals surface area (Å²) in [6.07, 6.45) is 5.45. The molecule has 0 aromatic heterocycles. The monoisotopic (exact) mass is 546 g/mol. The summed E-state index contributed by atoms with van der Waals surface area (Å²) < 4.78 is 12.9. The summed E-state index contributed by atoms with van der Waals surface area (Å²) in [4.78, 5) is 13.5. The van der Waals surface area contributed by atoms with Gasteiger partial charge in [0.05, 0.1) is 14.2 Å². The van der Waals surface area contributed by atoms with Crippen LogP contribution in [-0.4, -0.2) is 20.0 Å². The van der Waals surface area contributed by atoms with Gasteiger partial charge in [-0.15, -0.1) is 0 Å². The van der Waals surface area contributed by atoms with E-state index in [1.165, 1.54) is 0 Å². The first kappa shape index (κ1) is 23.8. The van der Waals surface area contributed by atoms with Gasteiger partial charge < -0.3 is 9.47 Å². The fourth-order valence-electron chi connectivity index (χ4n) is 3.87. The molecule has 2 aromatic rings. The lowest BCUT2D eigenvalue weighted by Gasteiger charge is -2.35. The van der Waals surface area contributed by atoms with Crippen LogP contribution >= 0.6 is 31.9 Å². The number of hydrogen-bond donors (Lipinski definition) is 0. The molecule has 1 fully saturated rings. The molecule has 164 valence electrons. The van der Waals surface area contributed by atoms with Gasteiger partial charge in [-0.3, -0.25) is 4.79 Å². The van der Waals surface area contributed by atoms with Crippen molar-refractivity contribution in [1.29, 1.82) is 0 Å². The number of ether oxygens (including phenoxy) is 2. The van der Waals surface area contributed by atoms with Gasteiger partial charge in [0.2, 0.25) is 0 Å². The second kappa shape index (κ2) is 9.74. The number of carbonyl (C=O) groups excluding carboxylic acids is 1. The van der Waals surface area contributed by atoms with Crippen LogP contribution in [0.4, 0.5) is 0 Å². The molecule has 1 aliphatic rings. The largest absolute Gasteiger partial charge is 0.496 e. The smallest absolute Gasteiger partial charge is 0.185 e. The highest BCUT2D eigenvalue weighted by molar-refractivity contribution is 9.10. The minimum absolute atomic E-state index is 0.0710. The number of hydrogen-bond acceptors (Lipinski definition) is 3. The Kier molecular flexibility index (Phi) is 7.48. The predicted octanol–water partition coefficient (Wildman–Crippen LogP) is 7.72. The van der Waals surface area contributed by atoms with Crippen molar-refractivity contribution in [2.24, 2.45) is 11.3 Å². The molecule has 0 saturated heterocycles. The minimum atomic E-state index is 0.0710. The summed E-state index contributed by atoms with van der Waals surface area (Å²) in [6.45, 7) is 6.71. The molecule has 0 bridgehead atoms. The van der Waals surface area contributed by atoms with Gasteiger partial charge in [-0.2, -0.15) is 0 Å². The number of carbonyl (C=O) groups is 1. The van der Waals surface area contributed by atoms with Crippen LogP contribution in [0.25, 0.3) is 12.2 Å². The van der Waals surface area contributed by atoms with Gasteiger partial charge in [0.25, 0.3) is 0 Å². The Balaban J connectivity index is 2.11. The van der Waals surface area contributed by atoms with E-state index < -0.39 is 0 Å². The van der Waals surface area contributed by atoms with E-state index in [0.717, 1.165) is 55.6 Å². The van der Waals surface area contributed by atoms with E-state index >= 15 is 0 Å². The van der Waals surface area contributed by atoms with Crippen LogP contribution in [0, 0.1) is 11.3 Å². The van der Waals surface area contributed by atoms with E-state index in [1.54, 1.807) is 14.2 Å². The van der Waals surface area contributed by atoms with Crippen molar-refractivity contribution in [2.75, 3.05) is 14.2 Å². The molecule has 0 radical (unpaired) electrons. The van der Waals surface area contributed by atoms with Gasteiger partial charge in [-0.25, -0.2) is 0 Å². The van der Waals surface area contributed by atoms with E-state index in [9.17, 15) is 4.79 Å². The summed E-state index contributed by atoms with van der Waals surface area (Å²) in [7, 11) is 3.30. The van der Waals surface area contributed by atoms with Crippen molar-refractivity contribution < 1.29 is 14.3 Å². The number of benzene rings is 2. The van der Waals surface area contributed by atoms with E-state index in [2.05, 4.69) is 52.6 Å². The van der Waals surface area contributed by atoms with Crippen LogP contribution in [0.5, 0.6) is 11.5 Å². The van der Waals surface area contributed by atoms with Crippen molar-refractivity contribution in [3.05, 3.63) is 67.6 Å². The molecule has 0 amide bonds. The first-order valence-corrected chi connectivity index (χ1v) is 11.8. The van der Waals surface area contributed by atoms with Crippen LogP contribution in [0.15, 0.2) is 56.5 Å². The highest BCUT2D eigenvalue weighted by atomic mass is 79.9. The summed E-state index contributed by atoms with van der Waals surface area (Å²) in [5, 5.41) is 0. The Labute approximate surface area is 201 Å². The molecule has 0 atom stereocenters. The van der Waals surface area contributed by atoms with Crippen LogP contribution in [0.3, 0.4) is 0 Å². The SMILES string of the molecule is COc1ccc(Br)cc1/C=C1/CC(C(C)(C)C)C/C(=C/c2cc(Br)ccc2OC)C1=O. The number of Topliss-reactive ketones (excluding diaryl/α,β-unsaturated/α-hetero) is 1. The lowest BCUT2D eigenvalue weighted by Crippen LogP contribution is -2.29. The van der Waals surface area contributed by atoms with E-state index in [0.29, 0.717) is 5.92 Å². The zero-order chi connectivity index (χ0) is 22.8. The number of ketones is 1. The molecule has 5 heteroatoms. The number of rotatable bonds is 4. The van der Waals surface area contributed by atoms with Gasteiger partial charge in [0, 0.05) is 31.2 Å². The van der Waals surface area contributed by atoms with Crippen molar-refractivity contribution in [1.82, 2.24) is 0 Å². The molecule has 0 N–H and O–H groups in total. The molecular formula is C26H28Br2O3. The Morgan fingerprint density at radius 2 is 1.26 bits per heavy atom.